The molecule has 0 heterocycles. The van der Waals surface area contributed by atoms with Gasteiger partial charge in [0.25, 0.3) is 0 Å². The van der Waals surface area contributed by atoms with Crippen LogP contribution in [0, 0.1) is 0 Å². The molecule has 0 saturated heterocycles. The fourth-order valence-electron chi connectivity index (χ4n) is 0.430. The molecule has 44 valence electrons. The lowest BCUT2D eigenvalue weighted by molar-refractivity contribution is 0.119. The molecular weight excluding hydrogens is 107 g/mol. The van der Waals surface area contributed by atoms with E-state index in [9.17, 15) is 0 Å². The van der Waals surface area contributed by atoms with Gasteiger partial charge in [0, 0.05) is 7.11 Å². The molecule has 0 fully saturated rings. The minimum atomic E-state index is 0.449. The molecule has 0 saturated carbocycles. The fraction of sp³-hybridized carbons (Fsp3) is 1.00. The summed E-state index contributed by atoms with van der Waals surface area (Å²) in [6.45, 7) is 2.12. The van der Waals surface area contributed by atoms with Crippen LogP contribution in [0.3, 0.4) is 0 Å². The van der Waals surface area contributed by atoms with Crippen molar-refractivity contribution in [2.75, 3.05) is 13.3 Å². The van der Waals surface area contributed by atoms with E-state index >= 15 is 0 Å². The van der Waals surface area contributed by atoms with Crippen LogP contribution in [0.15, 0.2) is 0 Å². The molecule has 1 nitrogen and oxygen atoms in total. The summed E-state index contributed by atoms with van der Waals surface area (Å²) in [4.78, 5) is 0. The molecule has 0 spiro atoms. The van der Waals surface area contributed by atoms with Gasteiger partial charge in [-0.05, 0) is 12.6 Å². The van der Waals surface area contributed by atoms with Crippen molar-refractivity contribution in [1.82, 2.24) is 0 Å². The highest BCUT2D eigenvalue weighted by molar-refractivity contribution is 7.16. The van der Waals surface area contributed by atoms with Gasteiger partial charge in [0.15, 0.2) is 0 Å². The fourth-order valence-corrected chi connectivity index (χ4v) is 0.955. The molecule has 0 aliphatic carbocycles. The zero-order valence-electron chi connectivity index (χ0n) is 4.98. The van der Waals surface area contributed by atoms with E-state index in [4.69, 9.17) is 4.74 Å². The number of methoxy groups -OCH3 is 1. The Morgan fingerprint density at radius 3 is 2.29 bits per heavy atom. The second kappa shape index (κ2) is 4.55. The molecule has 2 heteroatoms. The monoisotopic (exact) mass is 120 g/mol. The van der Waals surface area contributed by atoms with Crippen molar-refractivity contribution in [1.29, 1.82) is 0 Å². The smallest absolute Gasteiger partial charge is 0.0603 e. The molecular formula is C5H13OP. The van der Waals surface area contributed by atoms with Gasteiger partial charge >= 0.3 is 0 Å². The highest BCUT2D eigenvalue weighted by atomic mass is 31.0. The van der Waals surface area contributed by atoms with Crippen LogP contribution < -0.4 is 0 Å². The Kier molecular flexibility index (Phi) is 4.80. The number of hydrogen-bond donors (Lipinski definition) is 0. The first-order valence-corrected chi connectivity index (χ1v) is 3.39. The Balaban J connectivity index is 2.99. The molecule has 0 rings (SSSR count). The number of hydrogen-bond acceptors (Lipinski definition) is 1. The lowest BCUT2D eigenvalue weighted by Crippen LogP contribution is -2.09. The van der Waals surface area contributed by atoms with Gasteiger partial charge in [-0.1, -0.05) is 6.92 Å². The van der Waals surface area contributed by atoms with Gasteiger partial charge in [-0.3, -0.25) is 0 Å². The van der Waals surface area contributed by atoms with E-state index in [-0.39, 0.29) is 0 Å². The topological polar surface area (TPSA) is 9.23 Å². The molecule has 0 amide bonds. The van der Waals surface area contributed by atoms with Gasteiger partial charge in [-0.15, -0.1) is 9.24 Å². The average Bonchev–Trinajstić information content (AvgIpc) is 1.72. The number of ether oxygens (including phenoxy) is 1. The maximum Gasteiger partial charge on any atom is 0.0603 e. The van der Waals surface area contributed by atoms with Crippen molar-refractivity contribution in [2.24, 2.45) is 0 Å². The van der Waals surface area contributed by atoms with Gasteiger partial charge in [-0.25, -0.2) is 0 Å². The highest BCUT2D eigenvalue weighted by Gasteiger charge is 1.96. The van der Waals surface area contributed by atoms with Crippen molar-refractivity contribution >= 4 is 9.24 Å². The Morgan fingerprint density at radius 2 is 2.29 bits per heavy atom. The van der Waals surface area contributed by atoms with Crippen LogP contribution >= 0.6 is 9.24 Å². The number of rotatable bonds is 3. The standard InChI is InChI=1S/C5H13OP/c1-3-5(4-7)6-2/h5H,3-4,7H2,1-2H3. The quantitative estimate of drug-likeness (QED) is 0.510. The Hall–Kier alpha value is 0.390. The van der Waals surface area contributed by atoms with Crippen LogP contribution in [0.5, 0.6) is 0 Å². The van der Waals surface area contributed by atoms with Crippen molar-refractivity contribution in [3.63, 3.8) is 0 Å². The Bertz CT molecular complexity index is 29.6. The van der Waals surface area contributed by atoms with Crippen LogP contribution in [0.2, 0.25) is 0 Å². The normalized spacial score (nSPS) is 14.1. The zero-order chi connectivity index (χ0) is 5.70. The maximum absolute atomic E-state index is 5.03. The predicted octanol–water partition coefficient (Wildman–Crippen LogP) is 1.29. The lowest BCUT2D eigenvalue weighted by atomic mass is 10.3. The third kappa shape index (κ3) is 3.02. The van der Waals surface area contributed by atoms with E-state index < -0.39 is 0 Å². The lowest BCUT2D eigenvalue weighted by Gasteiger charge is -2.07. The van der Waals surface area contributed by atoms with Gasteiger partial charge < -0.3 is 4.74 Å². The van der Waals surface area contributed by atoms with Crippen LogP contribution in [0.4, 0.5) is 0 Å². The van der Waals surface area contributed by atoms with Crippen LogP contribution in [-0.2, 0) is 4.74 Å². The van der Waals surface area contributed by atoms with Crippen molar-refractivity contribution < 1.29 is 4.74 Å². The first-order chi connectivity index (χ1) is 3.35. The van der Waals surface area contributed by atoms with E-state index in [0.717, 1.165) is 12.6 Å². The van der Waals surface area contributed by atoms with Gasteiger partial charge in [0.05, 0.1) is 6.10 Å². The summed E-state index contributed by atoms with van der Waals surface area (Å²) < 4.78 is 5.03. The zero-order valence-corrected chi connectivity index (χ0v) is 6.13. The van der Waals surface area contributed by atoms with Gasteiger partial charge in [0.2, 0.25) is 0 Å². The van der Waals surface area contributed by atoms with E-state index in [1.807, 2.05) is 0 Å². The molecule has 0 aromatic rings. The van der Waals surface area contributed by atoms with E-state index in [2.05, 4.69) is 16.2 Å². The summed E-state index contributed by atoms with van der Waals surface area (Å²) in [5.41, 5.74) is 0. The molecule has 0 aromatic heterocycles. The summed E-state index contributed by atoms with van der Waals surface area (Å²) in [6, 6.07) is 0. The summed E-state index contributed by atoms with van der Waals surface area (Å²) in [5, 5.41) is 0. The van der Waals surface area contributed by atoms with Crippen LogP contribution in [0.1, 0.15) is 13.3 Å². The van der Waals surface area contributed by atoms with Gasteiger partial charge in [-0.2, -0.15) is 0 Å². The summed E-state index contributed by atoms with van der Waals surface area (Å²) in [7, 11) is 4.41. The minimum Gasteiger partial charge on any atom is -0.381 e. The third-order valence-electron chi connectivity index (χ3n) is 1.05. The van der Waals surface area contributed by atoms with Crippen molar-refractivity contribution in [3.8, 4) is 0 Å². The predicted molar refractivity (Wildman–Crippen MR) is 35.7 cm³/mol. The average molecular weight is 120 g/mol. The molecule has 2 unspecified atom stereocenters. The SMILES string of the molecule is CCC(CP)OC. The summed E-state index contributed by atoms with van der Waals surface area (Å²) in [5.74, 6) is 0. The molecule has 0 aliphatic rings. The molecule has 0 aliphatic heterocycles. The van der Waals surface area contributed by atoms with E-state index in [0.29, 0.717) is 6.10 Å². The Morgan fingerprint density at radius 1 is 1.71 bits per heavy atom. The largest absolute Gasteiger partial charge is 0.381 e. The Labute approximate surface area is 47.6 Å². The summed E-state index contributed by atoms with van der Waals surface area (Å²) in [6.07, 6.45) is 2.61. The van der Waals surface area contributed by atoms with E-state index in [1.54, 1.807) is 7.11 Å². The van der Waals surface area contributed by atoms with Crippen LogP contribution in [0.25, 0.3) is 0 Å². The molecule has 0 radical (unpaired) electrons. The second-order valence-corrected chi connectivity index (χ2v) is 1.97. The molecule has 0 bridgehead atoms. The third-order valence-corrected chi connectivity index (χ3v) is 1.58. The minimum absolute atomic E-state index is 0.449. The maximum atomic E-state index is 5.03. The van der Waals surface area contributed by atoms with Crippen molar-refractivity contribution in [3.05, 3.63) is 0 Å². The molecule has 7 heavy (non-hydrogen) atoms. The van der Waals surface area contributed by atoms with Crippen LogP contribution in [-0.4, -0.2) is 19.4 Å². The van der Waals surface area contributed by atoms with Gasteiger partial charge in [0.1, 0.15) is 0 Å². The first-order valence-electron chi connectivity index (χ1n) is 2.58. The molecule has 0 aromatic carbocycles. The molecule has 2 atom stereocenters. The summed E-state index contributed by atoms with van der Waals surface area (Å²) >= 11 is 0. The molecule has 0 N–H and O–H groups in total. The second-order valence-electron chi connectivity index (χ2n) is 1.50. The highest BCUT2D eigenvalue weighted by Crippen LogP contribution is 1.98. The van der Waals surface area contributed by atoms with E-state index in [1.165, 1.54) is 0 Å². The first kappa shape index (κ1) is 7.39. The van der Waals surface area contributed by atoms with Crippen molar-refractivity contribution in [2.45, 2.75) is 19.4 Å².